The molecule has 0 atom stereocenters. The summed E-state index contributed by atoms with van der Waals surface area (Å²) in [7, 11) is 0. The molecule has 0 amide bonds. The molecule has 0 saturated carbocycles. The molecule has 0 aliphatic carbocycles. The molecule has 4 aliphatic rings. The van der Waals surface area contributed by atoms with E-state index in [1.54, 1.807) is 0 Å². The zero-order valence-corrected chi connectivity index (χ0v) is 39.9. The summed E-state index contributed by atoms with van der Waals surface area (Å²) in [6, 6.07) is 88.4. The van der Waals surface area contributed by atoms with Gasteiger partial charge in [-0.1, -0.05) is 127 Å². The minimum Gasteiger partial charge on any atom is -0.456 e. The molecule has 0 spiro atoms. The molecule has 342 valence electrons. The second-order valence-electron chi connectivity index (χ2n) is 20.0. The fourth-order valence-electron chi connectivity index (χ4n) is 13.2. The molecule has 17 rings (SSSR count). The Morgan fingerprint density at radius 1 is 0.230 bits per heavy atom. The van der Waals surface area contributed by atoms with Crippen molar-refractivity contribution < 1.29 is 8.83 Å². The average molecular weight is 943 g/mol. The van der Waals surface area contributed by atoms with E-state index in [-0.39, 0.29) is 13.4 Å². The molecular formula is C66H40B2N4O2. The van der Waals surface area contributed by atoms with E-state index >= 15 is 0 Å². The number of benzene rings is 11. The third-order valence-electron chi connectivity index (χ3n) is 16.2. The molecule has 0 unspecified atom stereocenters. The van der Waals surface area contributed by atoms with E-state index in [1.165, 1.54) is 49.8 Å². The summed E-state index contributed by atoms with van der Waals surface area (Å²) in [6.07, 6.45) is 0. The molecular weight excluding hydrogens is 902 g/mol. The minimum absolute atomic E-state index is 0.0400. The predicted octanol–water partition coefficient (Wildman–Crippen LogP) is 13.7. The van der Waals surface area contributed by atoms with Gasteiger partial charge in [0.15, 0.2) is 0 Å². The fraction of sp³-hybridized carbons (Fsp3) is 0. The zero-order chi connectivity index (χ0) is 48.2. The van der Waals surface area contributed by atoms with Crippen LogP contribution in [0.15, 0.2) is 251 Å². The van der Waals surface area contributed by atoms with Crippen LogP contribution in [-0.4, -0.2) is 13.4 Å². The first-order valence-electron chi connectivity index (χ1n) is 25.5. The molecule has 6 heterocycles. The Hall–Kier alpha value is -9.65. The number of anilines is 12. The topological polar surface area (TPSA) is 39.2 Å². The molecule has 2 aromatic heterocycles. The first kappa shape index (κ1) is 40.0. The van der Waals surface area contributed by atoms with Gasteiger partial charge in [0.05, 0.1) is 0 Å². The van der Waals surface area contributed by atoms with E-state index < -0.39 is 0 Å². The summed E-state index contributed by atoms with van der Waals surface area (Å²) in [4.78, 5) is 9.82. The molecule has 8 heteroatoms. The molecule has 0 bridgehead atoms. The largest absolute Gasteiger partial charge is 0.456 e. The highest BCUT2D eigenvalue weighted by Gasteiger charge is 2.46. The predicted molar refractivity (Wildman–Crippen MR) is 309 cm³/mol. The van der Waals surface area contributed by atoms with E-state index in [2.05, 4.69) is 262 Å². The van der Waals surface area contributed by atoms with Crippen molar-refractivity contribution in [2.75, 3.05) is 19.6 Å². The van der Waals surface area contributed by atoms with Crippen LogP contribution in [0.4, 0.5) is 68.2 Å². The third kappa shape index (κ3) is 5.41. The van der Waals surface area contributed by atoms with Crippen molar-refractivity contribution in [2.24, 2.45) is 0 Å². The summed E-state index contributed by atoms with van der Waals surface area (Å²) < 4.78 is 14.0. The summed E-state index contributed by atoms with van der Waals surface area (Å²) in [6.45, 7) is -0.162. The van der Waals surface area contributed by atoms with Gasteiger partial charge < -0.3 is 28.4 Å². The van der Waals surface area contributed by atoms with Crippen LogP contribution in [0.3, 0.4) is 0 Å². The number of fused-ring (bicyclic) bond motifs is 14. The van der Waals surface area contributed by atoms with Gasteiger partial charge in [-0.25, -0.2) is 0 Å². The summed E-state index contributed by atoms with van der Waals surface area (Å²) in [5, 5.41) is 4.38. The number of rotatable bonds is 4. The number of hydrogen-bond acceptors (Lipinski definition) is 6. The van der Waals surface area contributed by atoms with E-state index in [9.17, 15) is 0 Å². The van der Waals surface area contributed by atoms with Crippen LogP contribution in [0.1, 0.15) is 0 Å². The van der Waals surface area contributed by atoms with Crippen molar-refractivity contribution in [3.63, 3.8) is 0 Å². The van der Waals surface area contributed by atoms with Crippen molar-refractivity contribution in [1.29, 1.82) is 0 Å². The third-order valence-corrected chi connectivity index (χ3v) is 16.2. The van der Waals surface area contributed by atoms with Crippen molar-refractivity contribution >= 4 is 158 Å². The van der Waals surface area contributed by atoms with Crippen LogP contribution in [0.2, 0.25) is 0 Å². The molecule has 6 nitrogen and oxygen atoms in total. The van der Waals surface area contributed by atoms with E-state index in [4.69, 9.17) is 8.83 Å². The maximum atomic E-state index is 7.32. The molecule has 0 N–H and O–H groups in total. The van der Waals surface area contributed by atoms with Gasteiger partial charge in [-0.2, -0.15) is 0 Å². The number of hydrogen-bond donors (Lipinski definition) is 0. The molecule has 4 aliphatic heterocycles. The number of para-hydroxylation sites is 6. The molecule has 74 heavy (non-hydrogen) atoms. The van der Waals surface area contributed by atoms with Gasteiger partial charge in [0.25, 0.3) is 13.4 Å². The number of furan rings is 2. The molecule has 0 fully saturated rings. The highest BCUT2D eigenvalue weighted by atomic mass is 16.3. The second-order valence-corrected chi connectivity index (χ2v) is 20.0. The highest BCUT2D eigenvalue weighted by Crippen LogP contribution is 2.49. The Morgan fingerprint density at radius 2 is 0.581 bits per heavy atom. The lowest BCUT2D eigenvalue weighted by atomic mass is 9.33. The molecule has 11 aromatic carbocycles. The van der Waals surface area contributed by atoms with Crippen molar-refractivity contribution in [2.45, 2.75) is 0 Å². The Kier molecular flexibility index (Phi) is 8.08. The van der Waals surface area contributed by atoms with Gasteiger partial charge >= 0.3 is 0 Å². The van der Waals surface area contributed by atoms with E-state index in [0.29, 0.717) is 0 Å². The van der Waals surface area contributed by atoms with Gasteiger partial charge in [-0.05, 0) is 142 Å². The minimum atomic E-state index is -0.122. The lowest BCUT2D eigenvalue weighted by molar-refractivity contribution is 0.669. The zero-order valence-electron chi connectivity index (χ0n) is 39.9. The Bertz CT molecular complexity index is 4480. The van der Waals surface area contributed by atoms with Crippen LogP contribution in [0, 0.1) is 0 Å². The summed E-state index contributed by atoms with van der Waals surface area (Å²) in [5.41, 5.74) is 24.6. The van der Waals surface area contributed by atoms with Gasteiger partial charge in [0, 0.05) is 95.9 Å². The first-order chi connectivity index (χ1) is 36.7. The summed E-state index contributed by atoms with van der Waals surface area (Å²) in [5.74, 6) is 0. The second kappa shape index (κ2) is 14.9. The van der Waals surface area contributed by atoms with Crippen LogP contribution in [0.25, 0.3) is 43.9 Å². The number of nitrogens with zero attached hydrogens (tertiary/aromatic N) is 4. The quantitative estimate of drug-likeness (QED) is 0.164. The molecule has 0 saturated heterocycles. The van der Waals surface area contributed by atoms with E-state index in [0.717, 1.165) is 95.1 Å². The average Bonchev–Trinajstić information content (AvgIpc) is 4.09. The van der Waals surface area contributed by atoms with Crippen LogP contribution >= 0.6 is 0 Å². The van der Waals surface area contributed by atoms with Crippen molar-refractivity contribution in [1.82, 2.24) is 0 Å². The smallest absolute Gasteiger partial charge is 0.252 e. The van der Waals surface area contributed by atoms with E-state index in [1.807, 2.05) is 0 Å². The SMILES string of the molecule is c1ccc(N2c3ccccc3B3c4cc5oc6cc7c(cc6c5cc4N(c4ccccc4)c4cccc2c43)N(c2ccccc2)c2cccc3c2B7c2cc4c(cc2N3c2ccccc2)oc2ccccc24)cc1. The van der Waals surface area contributed by atoms with Crippen LogP contribution < -0.4 is 52.4 Å². The van der Waals surface area contributed by atoms with Gasteiger partial charge in [0.1, 0.15) is 22.3 Å². The Balaban J connectivity index is 0.944. The molecule has 13 aromatic rings. The van der Waals surface area contributed by atoms with Crippen LogP contribution in [0.5, 0.6) is 0 Å². The highest BCUT2D eigenvalue weighted by molar-refractivity contribution is 7.01. The van der Waals surface area contributed by atoms with Gasteiger partial charge in [-0.15, -0.1) is 0 Å². The Morgan fingerprint density at radius 3 is 1.09 bits per heavy atom. The standard InChI is InChI=1S/C66H40B2N4O2/c1-5-19-41(20-6-1)69-53-29-15-14-28-49(53)67-51-38-62-47(36-58(51)70(42-21-7-2-8-22-42)55-31-17-30-54(69)65(55)67)48-37-59-52(39-63(48)74-62)68-50-35-46-45-27-13-16-34-61(45)73-64(46)40-60(50)72(44-25-11-4-12-26-44)57-33-18-32-56(66(57)68)71(59)43-23-9-3-10-24-43/h1-40H. The fourth-order valence-corrected chi connectivity index (χ4v) is 13.2. The monoisotopic (exact) mass is 942 g/mol. The first-order valence-corrected chi connectivity index (χ1v) is 25.5. The lowest BCUT2D eigenvalue weighted by Gasteiger charge is -2.44. The van der Waals surface area contributed by atoms with Gasteiger partial charge in [0.2, 0.25) is 0 Å². The normalized spacial score (nSPS) is 13.8. The maximum Gasteiger partial charge on any atom is 0.252 e. The molecule has 0 radical (unpaired) electrons. The van der Waals surface area contributed by atoms with Crippen molar-refractivity contribution in [3.05, 3.63) is 243 Å². The summed E-state index contributed by atoms with van der Waals surface area (Å²) >= 11 is 0. The lowest BCUT2D eigenvalue weighted by Crippen LogP contribution is -2.61. The van der Waals surface area contributed by atoms with Crippen molar-refractivity contribution in [3.8, 4) is 0 Å². The van der Waals surface area contributed by atoms with Crippen LogP contribution in [-0.2, 0) is 0 Å². The van der Waals surface area contributed by atoms with Gasteiger partial charge in [-0.3, -0.25) is 0 Å². The Labute approximate surface area is 427 Å². The maximum absolute atomic E-state index is 7.32.